The SMILES string of the molecule is CCCNCc1ccc(OCCCSC)c([N+](=O)[O-])c1. The number of nitrogens with one attached hydrogen (secondary N) is 1. The van der Waals surface area contributed by atoms with Gasteiger partial charge in [-0.15, -0.1) is 0 Å². The Balaban J connectivity index is 2.67. The number of hydrogen-bond donors (Lipinski definition) is 1. The van der Waals surface area contributed by atoms with Gasteiger partial charge in [-0.05, 0) is 43.0 Å². The maximum atomic E-state index is 11.1. The highest BCUT2D eigenvalue weighted by Crippen LogP contribution is 2.28. The van der Waals surface area contributed by atoms with Crippen molar-refractivity contribution in [3.63, 3.8) is 0 Å². The van der Waals surface area contributed by atoms with Crippen LogP contribution < -0.4 is 10.1 Å². The van der Waals surface area contributed by atoms with Crippen LogP contribution >= 0.6 is 11.8 Å². The molecule has 0 radical (unpaired) electrons. The van der Waals surface area contributed by atoms with Gasteiger partial charge in [-0.1, -0.05) is 13.0 Å². The van der Waals surface area contributed by atoms with Crippen LogP contribution in [0.2, 0.25) is 0 Å². The Morgan fingerprint density at radius 1 is 1.45 bits per heavy atom. The van der Waals surface area contributed by atoms with Crippen LogP contribution in [-0.2, 0) is 6.54 Å². The number of benzene rings is 1. The summed E-state index contributed by atoms with van der Waals surface area (Å²) in [4.78, 5) is 10.7. The molecule has 0 aliphatic heterocycles. The topological polar surface area (TPSA) is 64.4 Å². The van der Waals surface area contributed by atoms with E-state index in [1.165, 1.54) is 0 Å². The second-order valence-corrected chi connectivity index (χ2v) is 5.42. The average molecular weight is 298 g/mol. The summed E-state index contributed by atoms with van der Waals surface area (Å²) in [5.74, 6) is 1.35. The minimum atomic E-state index is -0.382. The van der Waals surface area contributed by atoms with Crippen molar-refractivity contribution in [2.45, 2.75) is 26.3 Å². The zero-order chi connectivity index (χ0) is 14.8. The van der Waals surface area contributed by atoms with Gasteiger partial charge in [-0.3, -0.25) is 10.1 Å². The summed E-state index contributed by atoms with van der Waals surface area (Å²) < 4.78 is 5.51. The molecule has 0 unspecified atom stereocenters. The predicted octanol–water partition coefficient (Wildman–Crippen LogP) is 3.23. The first kappa shape index (κ1) is 16.8. The van der Waals surface area contributed by atoms with Gasteiger partial charge in [0, 0.05) is 12.6 Å². The number of nitro benzene ring substituents is 1. The Morgan fingerprint density at radius 2 is 2.25 bits per heavy atom. The van der Waals surface area contributed by atoms with Crippen molar-refractivity contribution in [3.05, 3.63) is 33.9 Å². The number of nitrogens with zero attached hydrogens (tertiary/aromatic N) is 1. The van der Waals surface area contributed by atoms with Crippen LogP contribution in [0.4, 0.5) is 5.69 Å². The molecular weight excluding hydrogens is 276 g/mol. The van der Waals surface area contributed by atoms with Crippen LogP contribution in [0.1, 0.15) is 25.3 Å². The highest BCUT2D eigenvalue weighted by atomic mass is 32.2. The average Bonchev–Trinajstić information content (AvgIpc) is 2.44. The van der Waals surface area contributed by atoms with Crippen molar-refractivity contribution in [2.24, 2.45) is 0 Å². The van der Waals surface area contributed by atoms with Crippen molar-refractivity contribution >= 4 is 17.4 Å². The Kier molecular flexibility index (Phi) is 8.06. The number of nitro groups is 1. The standard InChI is InChI=1S/C14H22N2O3S/c1-3-7-15-11-12-5-6-14(13(10-12)16(17)18)19-8-4-9-20-2/h5-6,10,15H,3-4,7-9,11H2,1-2H3. The van der Waals surface area contributed by atoms with E-state index in [0.29, 0.717) is 18.9 Å². The molecule has 20 heavy (non-hydrogen) atoms. The Labute approximate surface area is 124 Å². The second kappa shape index (κ2) is 9.61. The molecule has 1 aromatic carbocycles. The van der Waals surface area contributed by atoms with E-state index in [1.807, 2.05) is 12.3 Å². The van der Waals surface area contributed by atoms with Gasteiger partial charge in [0.1, 0.15) is 0 Å². The van der Waals surface area contributed by atoms with E-state index in [2.05, 4.69) is 12.2 Å². The summed E-state index contributed by atoms with van der Waals surface area (Å²) >= 11 is 1.74. The molecule has 0 bridgehead atoms. The molecule has 6 heteroatoms. The maximum absolute atomic E-state index is 11.1. The molecule has 5 nitrogen and oxygen atoms in total. The fourth-order valence-electron chi connectivity index (χ4n) is 1.73. The highest BCUT2D eigenvalue weighted by molar-refractivity contribution is 7.98. The molecule has 0 amide bonds. The third kappa shape index (κ3) is 5.79. The molecule has 0 spiro atoms. The lowest BCUT2D eigenvalue weighted by molar-refractivity contribution is -0.385. The summed E-state index contributed by atoms with van der Waals surface area (Å²) in [5, 5.41) is 14.3. The van der Waals surface area contributed by atoms with E-state index >= 15 is 0 Å². The van der Waals surface area contributed by atoms with Crippen molar-refractivity contribution in [2.75, 3.05) is 25.2 Å². The monoisotopic (exact) mass is 298 g/mol. The van der Waals surface area contributed by atoms with Gasteiger partial charge in [0.15, 0.2) is 5.75 Å². The minimum absolute atomic E-state index is 0.0463. The first-order chi connectivity index (χ1) is 9.69. The van der Waals surface area contributed by atoms with E-state index in [0.717, 1.165) is 30.7 Å². The summed E-state index contributed by atoms with van der Waals surface area (Å²) in [6.45, 7) is 4.14. The molecule has 0 fully saturated rings. The third-order valence-electron chi connectivity index (χ3n) is 2.73. The molecule has 0 aliphatic carbocycles. The van der Waals surface area contributed by atoms with E-state index in [9.17, 15) is 10.1 Å². The van der Waals surface area contributed by atoms with Gasteiger partial charge in [-0.2, -0.15) is 11.8 Å². The van der Waals surface area contributed by atoms with Gasteiger partial charge in [0.2, 0.25) is 0 Å². The first-order valence-corrected chi connectivity index (χ1v) is 8.18. The van der Waals surface area contributed by atoms with E-state index < -0.39 is 0 Å². The number of rotatable bonds is 10. The summed E-state index contributed by atoms with van der Waals surface area (Å²) in [7, 11) is 0. The molecular formula is C14H22N2O3S. The second-order valence-electron chi connectivity index (χ2n) is 4.43. The molecule has 0 saturated heterocycles. The molecule has 0 heterocycles. The largest absolute Gasteiger partial charge is 0.487 e. The number of hydrogen-bond acceptors (Lipinski definition) is 5. The van der Waals surface area contributed by atoms with Crippen LogP contribution in [0.3, 0.4) is 0 Å². The molecule has 0 aromatic heterocycles. The van der Waals surface area contributed by atoms with Crippen LogP contribution in [0.25, 0.3) is 0 Å². The predicted molar refractivity (Wildman–Crippen MR) is 83.6 cm³/mol. The molecule has 0 atom stereocenters. The normalized spacial score (nSPS) is 10.5. The first-order valence-electron chi connectivity index (χ1n) is 6.78. The zero-order valence-corrected chi connectivity index (χ0v) is 12.9. The lowest BCUT2D eigenvalue weighted by Gasteiger charge is -2.08. The van der Waals surface area contributed by atoms with Gasteiger partial charge >= 0.3 is 5.69 Å². The smallest absolute Gasteiger partial charge is 0.311 e. The molecule has 0 aliphatic rings. The van der Waals surface area contributed by atoms with Gasteiger partial charge in [0.05, 0.1) is 11.5 Å². The zero-order valence-electron chi connectivity index (χ0n) is 12.1. The Hall–Kier alpha value is -1.27. The van der Waals surface area contributed by atoms with Crippen LogP contribution in [0, 0.1) is 10.1 Å². The summed E-state index contributed by atoms with van der Waals surface area (Å²) in [6.07, 6.45) is 3.96. The Bertz CT molecular complexity index is 427. The lowest BCUT2D eigenvalue weighted by atomic mass is 10.2. The van der Waals surface area contributed by atoms with E-state index in [4.69, 9.17) is 4.74 Å². The summed E-state index contributed by atoms with van der Waals surface area (Å²) in [6, 6.07) is 5.16. The highest BCUT2D eigenvalue weighted by Gasteiger charge is 2.15. The van der Waals surface area contributed by atoms with E-state index in [-0.39, 0.29) is 10.6 Å². The fourth-order valence-corrected chi connectivity index (χ4v) is 2.14. The molecule has 112 valence electrons. The number of ether oxygens (including phenoxy) is 1. The van der Waals surface area contributed by atoms with Crippen LogP contribution in [0.5, 0.6) is 5.75 Å². The number of thioether (sulfide) groups is 1. The Morgan fingerprint density at radius 3 is 2.90 bits per heavy atom. The molecule has 1 rings (SSSR count). The molecule has 1 N–H and O–H groups in total. The summed E-state index contributed by atoms with van der Waals surface area (Å²) in [5.41, 5.74) is 0.951. The van der Waals surface area contributed by atoms with Crippen molar-refractivity contribution in [1.29, 1.82) is 0 Å². The molecule has 0 saturated carbocycles. The minimum Gasteiger partial charge on any atom is -0.487 e. The van der Waals surface area contributed by atoms with E-state index in [1.54, 1.807) is 23.9 Å². The quantitative estimate of drug-likeness (QED) is 0.408. The lowest BCUT2D eigenvalue weighted by Crippen LogP contribution is -2.14. The maximum Gasteiger partial charge on any atom is 0.311 e. The van der Waals surface area contributed by atoms with Crippen molar-refractivity contribution in [1.82, 2.24) is 5.32 Å². The van der Waals surface area contributed by atoms with Gasteiger partial charge in [0.25, 0.3) is 0 Å². The van der Waals surface area contributed by atoms with Crippen molar-refractivity contribution < 1.29 is 9.66 Å². The van der Waals surface area contributed by atoms with Crippen LogP contribution in [0.15, 0.2) is 18.2 Å². The molecule has 1 aromatic rings. The van der Waals surface area contributed by atoms with Crippen molar-refractivity contribution in [3.8, 4) is 5.75 Å². The third-order valence-corrected chi connectivity index (χ3v) is 3.42. The van der Waals surface area contributed by atoms with Crippen LogP contribution in [-0.4, -0.2) is 30.1 Å². The fraction of sp³-hybridized carbons (Fsp3) is 0.571. The van der Waals surface area contributed by atoms with Gasteiger partial charge < -0.3 is 10.1 Å². The van der Waals surface area contributed by atoms with Gasteiger partial charge in [-0.25, -0.2) is 0 Å².